The van der Waals surface area contributed by atoms with Gasteiger partial charge >= 0.3 is 190 Å². The second kappa shape index (κ2) is 5.98. The number of nitriles is 1. The quantitative estimate of drug-likeness (QED) is 0.321. The summed E-state index contributed by atoms with van der Waals surface area (Å²) < 4.78 is 13.8. The molecule has 1 spiro atoms. The molecule has 0 fully saturated rings. The van der Waals surface area contributed by atoms with Crippen molar-refractivity contribution in [2.75, 3.05) is 0 Å². The van der Waals surface area contributed by atoms with E-state index in [1.165, 1.54) is 0 Å². The van der Waals surface area contributed by atoms with Crippen LogP contribution in [-0.4, -0.2) is 5.52 Å². The molecular weight excluding hydrogens is 429 g/mol. The Morgan fingerprint density at radius 2 is 1.15 bits per heavy atom. The van der Waals surface area contributed by atoms with Crippen LogP contribution < -0.4 is 19.7 Å². The Bertz CT molecular complexity index is 1610. The fourth-order valence-electron chi connectivity index (χ4n) is 5.35. The monoisotopic (exact) mass is 445 g/mol. The molecule has 7 rings (SSSR count). The van der Waals surface area contributed by atoms with Gasteiger partial charge in [-0.15, -0.1) is 0 Å². The van der Waals surface area contributed by atoms with Crippen LogP contribution in [0.4, 0.5) is 0 Å². The second-order valence-electron chi connectivity index (χ2n) is 8.40. The predicted molar refractivity (Wildman–Crippen MR) is 131 cm³/mol. The summed E-state index contributed by atoms with van der Waals surface area (Å²) in [5, 5.41) is 14.7. The summed E-state index contributed by atoms with van der Waals surface area (Å²) in [5.41, 5.74) is 0.758. The molecule has 0 bridgehead atoms. The first-order valence-electron chi connectivity index (χ1n) is 10.7. The summed E-state index contributed by atoms with van der Waals surface area (Å²) in [4.78, 5) is 14.7. The Morgan fingerprint density at radius 3 is 1.64 bits per heavy atom. The number of benzene rings is 5. The number of rotatable bonds is 2. The van der Waals surface area contributed by atoms with Gasteiger partial charge in [-0.25, -0.2) is 0 Å². The zero-order valence-electron chi connectivity index (χ0n) is 17.4. The molecule has 0 saturated heterocycles. The van der Waals surface area contributed by atoms with Crippen molar-refractivity contribution in [3.8, 4) is 17.6 Å². The molecule has 0 unspecified atom stereocenters. The van der Waals surface area contributed by atoms with Crippen LogP contribution >= 0.6 is 7.06 Å². The average Bonchev–Trinajstić information content (AvgIpc) is 3.33. The zero-order valence-corrected chi connectivity index (χ0v) is 18.3. The van der Waals surface area contributed by atoms with Gasteiger partial charge in [0.2, 0.25) is 0 Å². The van der Waals surface area contributed by atoms with Gasteiger partial charge in [-0.3, -0.25) is 0 Å². The van der Waals surface area contributed by atoms with Gasteiger partial charge in [0.05, 0.1) is 0 Å². The number of fused-ring (bicyclic) bond motifs is 2. The number of carbonyl (C=O) groups excluding carboxylic acids is 1. The van der Waals surface area contributed by atoms with Gasteiger partial charge in [0.15, 0.2) is 0 Å². The average molecular weight is 445 g/mol. The summed E-state index contributed by atoms with van der Waals surface area (Å²) in [6.07, 6.45) is 0. The molecule has 2 aliphatic heterocycles. The molecule has 5 aromatic rings. The third-order valence-electron chi connectivity index (χ3n) is 6.74. The fourth-order valence-corrected chi connectivity index (χ4v) is 10.3. The van der Waals surface area contributed by atoms with Gasteiger partial charge in [-0.05, 0) is 0 Å². The van der Waals surface area contributed by atoms with E-state index in [9.17, 15) is 10.1 Å². The first-order chi connectivity index (χ1) is 16.1. The van der Waals surface area contributed by atoms with E-state index in [2.05, 4.69) is 6.07 Å². The molecule has 0 saturated carbocycles. The van der Waals surface area contributed by atoms with Gasteiger partial charge in [0, 0.05) is 0 Å². The zero-order chi connectivity index (χ0) is 22.2. The molecule has 0 aromatic heterocycles. The van der Waals surface area contributed by atoms with Crippen LogP contribution in [0.25, 0.3) is 21.5 Å². The van der Waals surface area contributed by atoms with Crippen LogP contribution in [0.5, 0.6) is 11.5 Å². The van der Waals surface area contributed by atoms with Crippen molar-refractivity contribution in [1.29, 1.82) is 5.26 Å². The number of nitrogens with zero attached hydrogens (tertiary/aromatic N) is 1. The molecule has 0 radical (unpaired) electrons. The molecule has 0 atom stereocenters. The molecule has 5 heteroatoms. The van der Waals surface area contributed by atoms with E-state index in [0.717, 1.165) is 32.2 Å². The third kappa shape index (κ3) is 2.02. The maximum atomic E-state index is 14.7. The molecule has 0 N–H and O–H groups in total. The number of carbonyl (C=O) groups is 1. The van der Waals surface area contributed by atoms with Crippen molar-refractivity contribution >= 4 is 44.7 Å². The maximum absolute atomic E-state index is 14.7. The van der Waals surface area contributed by atoms with Crippen LogP contribution in [0.2, 0.25) is 0 Å². The summed E-state index contributed by atoms with van der Waals surface area (Å²) in [5.74, 6) is 1.32. The molecule has 2 aliphatic rings. The van der Waals surface area contributed by atoms with Crippen LogP contribution in [0.3, 0.4) is 0 Å². The van der Waals surface area contributed by atoms with E-state index in [-0.39, 0.29) is 5.52 Å². The minimum atomic E-state index is -4.35. The Morgan fingerprint density at radius 1 is 0.667 bits per heavy atom. The van der Waals surface area contributed by atoms with Crippen molar-refractivity contribution in [1.82, 2.24) is 0 Å². The Balaban J connectivity index is 1.65. The first-order valence-corrected chi connectivity index (χ1v) is 12.7. The summed E-state index contributed by atoms with van der Waals surface area (Å²) in [7, 11) is -4.35. The van der Waals surface area contributed by atoms with Crippen LogP contribution in [0.1, 0.15) is 15.9 Å². The van der Waals surface area contributed by atoms with E-state index in [0.29, 0.717) is 22.6 Å². The van der Waals surface area contributed by atoms with Crippen molar-refractivity contribution in [3.63, 3.8) is 0 Å². The van der Waals surface area contributed by atoms with E-state index in [1.807, 2.05) is 72.8 Å². The summed E-state index contributed by atoms with van der Waals surface area (Å²) >= 11 is 0. The Hall–Kier alpha value is -4.19. The third-order valence-corrected chi connectivity index (χ3v) is 11.3. The van der Waals surface area contributed by atoms with Gasteiger partial charge in [0.1, 0.15) is 0 Å². The van der Waals surface area contributed by atoms with Crippen molar-refractivity contribution in [3.05, 3.63) is 108 Å². The van der Waals surface area contributed by atoms with E-state index in [1.54, 1.807) is 24.3 Å². The van der Waals surface area contributed by atoms with Crippen molar-refractivity contribution in [2.24, 2.45) is 0 Å². The molecular formula is C28H16NO3P. The molecule has 2 heterocycles. The number of hydrogen-bond donors (Lipinski definition) is 0. The van der Waals surface area contributed by atoms with Crippen molar-refractivity contribution in [2.45, 2.75) is 0 Å². The first kappa shape index (κ1) is 18.4. The van der Waals surface area contributed by atoms with E-state index >= 15 is 0 Å². The van der Waals surface area contributed by atoms with Crippen molar-refractivity contribution < 1.29 is 13.8 Å². The van der Waals surface area contributed by atoms with Crippen LogP contribution in [-0.2, 0) is 0 Å². The summed E-state index contributed by atoms with van der Waals surface area (Å²) in [6, 6.07) is 32.5. The van der Waals surface area contributed by atoms with E-state index < -0.39 is 7.06 Å². The SMILES string of the molecule is N#Cc1ccc(C(=O)P23(Oc4cccc5cccc2c45)Oc2cccc4cccc3c24)cc1. The standard InChI is InChI=1S/C28H16NO3P/c29-17-18-13-15-21(16-14-18)28(30)33(24-11-3-7-19-5-1-9-22(31-33)26(19)24)25-12-4-8-20-6-2-10-23(32-33)27(20)25/h1-16H. The summed E-state index contributed by atoms with van der Waals surface area (Å²) in [6.45, 7) is 0. The van der Waals surface area contributed by atoms with Gasteiger partial charge < -0.3 is 0 Å². The minimum absolute atomic E-state index is 0.196. The fraction of sp³-hybridized carbons (Fsp3) is 0. The van der Waals surface area contributed by atoms with Crippen LogP contribution in [0, 0.1) is 11.3 Å². The van der Waals surface area contributed by atoms with Gasteiger partial charge in [-0.2, -0.15) is 0 Å². The topological polar surface area (TPSA) is 59.3 Å². The molecule has 0 aliphatic carbocycles. The molecule has 0 amide bonds. The van der Waals surface area contributed by atoms with E-state index in [4.69, 9.17) is 9.05 Å². The van der Waals surface area contributed by atoms with Gasteiger partial charge in [0.25, 0.3) is 0 Å². The number of hydrogen-bond acceptors (Lipinski definition) is 4. The Labute approximate surface area is 189 Å². The Kier molecular flexibility index (Phi) is 3.33. The second-order valence-corrected chi connectivity index (χ2v) is 12.0. The molecule has 4 nitrogen and oxygen atoms in total. The normalized spacial score (nSPS) is 17.1. The molecule has 5 aromatic carbocycles. The van der Waals surface area contributed by atoms with Crippen LogP contribution in [0.15, 0.2) is 97.1 Å². The molecule has 156 valence electrons. The van der Waals surface area contributed by atoms with Gasteiger partial charge in [-0.1, -0.05) is 0 Å². The molecule has 33 heavy (non-hydrogen) atoms. The predicted octanol–water partition coefficient (Wildman–Crippen LogP) is 5.82.